The van der Waals surface area contributed by atoms with Gasteiger partial charge in [0.15, 0.2) is 0 Å². The number of fused-ring (bicyclic) bond motifs is 18. The van der Waals surface area contributed by atoms with E-state index in [0.717, 1.165) is 34.1 Å². The molecule has 15 rings (SSSR count). The van der Waals surface area contributed by atoms with Crippen LogP contribution in [0.3, 0.4) is 0 Å². The van der Waals surface area contributed by atoms with E-state index in [9.17, 15) is 0 Å². The van der Waals surface area contributed by atoms with Gasteiger partial charge in [0.1, 0.15) is 0 Å². The van der Waals surface area contributed by atoms with Crippen LogP contribution in [0.2, 0.25) is 0 Å². The molecule has 0 aliphatic heterocycles. The molecule has 11 aromatic carbocycles. The summed E-state index contributed by atoms with van der Waals surface area (Å²) in [7, 11) is 0. The summed E-state index contributed by atoms with van der Waals surface area (Å²) in [6, 6.07) is 96.7. The minimum Gasteiger partial charge on any atom is -0.310 e. The summed E-state index contributed by atoms with van der Waals surface area (Å²) in [4.78, 5) is 4.83. The van der Waals surface area contributed by atoms with E-state index in [0.29, 0.717) is 0 Å². The van der Waals surface area contributed by atoms with Gasteiger partial charge in [-0.15, -0.1) is 0 Å². The lowest BCUT2D eigenvalue weighted by Gasteiger charge is -2.33. The average molecular weight is 932 g/mol. The Hall–Kier alpha value is -9.18. The predicted octanol–water partition coefficient (Wildman–Crippen LogP) is 18.4. The Morgan fingerprint density at radius 1 is 0.315 bits per heavy atom. The predicted molar refractivity (Wildman–Crippen MR) is 304 cm³/mol. The standard InChI is InChI=1S/C70H49N3/c1-69(2)67-55(56-41-43-64-66(68(56)69)58-33-19-21-35-63(58)73(64)50-30-16-7-17-31-50)40-42-60-65(67)57-32-18-20-34-59(57)70(60)61-44-51(71(46-22-8-3-9-23-46)47-24-10-4-11-25-47)36-38-53(61)54-39-37-52(45-62(54)70)72(48-26-12-5-13-27-48)49-28-14-6-15-29-49/h3-45H,1-2H3. The van der Waals surface area contributed by atoms with Gasteiger partial charge in [0, 0.05) is 56.0 Å². The van der Waals surface area contributed by atoms with E-state index in [2.05, 4.69) is 289 Å². The lowest BCUT2D eigenvalue weighted by molar-refractivity contribution is 0.667. The van der Waals surface area contributed by atoms with E-state index in [1.165, 1.54) is 94.3 Å². The van der Waals surface area contributed by atoms with Crippen molar-refractivity contribution in [2.75, 3.05) is 9.80 Å². The SMILES string of the molecule is CC1(C)c2c(ccc3c2-c2ccccc2C32c3cc(N(c4ccccc4)c4ccccc4)ccc3-c3ccc(N(c4ccccc4)c4ccccc4)cc32)-c2ccc3c(c21)c1ccccc1n3-c1ccccc1. The van der Waals surface area contributed by atoms with Crippen molar-refractivity contribution in [2.45, 2.75) is 24.7 Å². The molecule has 3 aliphatic rings. The molecule has 344 valence electrons. The van der Waals surface area contributed by atoms with Crippen molar-refractivity contribution in [2.24, 2.45) is 0 Å². The number of nitrogens with zero attached hydrogens (tertiary/aromatic N) is 3. The van der Waals surface area contributed by atoms with E-state index in [1.54, 1.807) is 0 Å². The zero-order valence-corrected chi connectivity index (χ0v) is 40.7. The molecule has 0 fully saturated rings. The smallest absolute Gasteiger partial charge is 0.0727 e. The van der Waals surface area contributed by atoms with Crippen molar-refractivity contribution in [3.8, 4) is 39.1 Å². The Morgan fingerprint density at radius 2 is 0.767 bits per heavy atom. The van der Waals surface area contributed by atoms with E-state index >= 15 is 0 Å². The number of anilines is 6. The van der Waals surface area contributed by atoms with Crippen LogP contribution in [0.25, 0.3) is 60.9 Å². The number of hydrogen-bond donors (Lipinski definition) is 0. The number of aromatic nitrogens is 1. The van der Waals surface area contributed by atoms with Gasteiger partial charge in [0.25, 0.3) is 0 Å². The van der Waals surface area contributed by atoms with Gasteiger partial charge in [-0.05, 0) is 164 Å². The third kappa shape index (κ3) is 5.76. The first-order valence-corrected chi connectivity index (χ1v) is 25.5. The summed E-state index contributed by atoms with van der Waals surface area (Å²) in [5.41, 5.74) is 25.2. The molecule has 0 saturated heterocycles. The molecule has 0 amide bonds. The summed E-state index contributed by atoms with van der Waals surface area (Å²) < 4.78 is 2.46. The Kier molecular flexibility index (Phi) is 8.92. The molecule has 0 bridgehead atoms. The highest BCUT2D eigenvalue weighted by atomic mass is 15.1. The number of para-hydroxylation sites is 6. The lowest BCUT2D eigenvalue weighted by atomic mass is 9.69. The third-order valence-electron chi connectivity index (χ3n) is 16.3. The summed E-state index contributed by atoms with van der Waals surface area (Å²) in [5, 5.41) is 2.62. The highest BCUT2D eigenvalue weighted by Gasteiger charge is 2.55. The molecule has 1 spiro atoms. The molecular formula is C70H49N3. The van der Waals surface area contributed by atoms with E-state index < -0.39 is 5.41 Å². The summed E-state index contributed by atoms with van der Waals surface area (Å²) >= 11 is 0. The van der Waals surface area contributed by atoms with Crippen LogP contribution in [0.1, 0.15) is 47.2 Å². The maximum absolute atomic E-state index is 2.52. The van der Waals surface area contributed by atoms with Gasteiger partial charge in [0.05, 0.1) is 16.4 Å². The monoisotopic (exact) mass is 931 g/mol. The lowest BCUT2D eigenvalue weighted by Crippen LogP contribution is -2.27. The molecule has 1 heterocycles. The number of rotatable bonds is 7. The molecule has 0 unspecified atom stereocenters. The summed E-state index contributed by atoms with van der Waals surface area (Å²) in [5.74, 6) is 0. The van der Waals surface area contributed by atoms with Crippen LogP contribution in [0.4, 0.5) is 34.1 Å². The second kappa shape index (κ2) is 15.7. The minimum absolute atomic E-state index is 0.359. The maximum Gasteiger partial charge on any atom is 0.0727 e. The highest BCUT2D eigenvalue weighted by molar-refractivity contribution is 6.15. The molecule has 12 aromatic rings. The van der Waals surface area contributed by atoms with Crippen molar-refractivity contribution >= 4 is 55.9 Å². The fourth-order valence-electron chi connectivity index (χ4n) is 13.5. The molecule has 3 heteroatoms. The molecular weight excluding hydrogens is 883 g/mol. The van der Waals surface area contributed by atoms with Crippen molar-refractivity contribution < 1.29 is 0 Å². The van der Waals surface area contributed by atoms with Crippen LogP contribution in [0.5, 0.6) is 0 Å². The highest BCUT2D eigenvalue weighted by Crippen LogP contribution is 2.68. The molecule has 3 nitrogen and oxygen atoms in total. The first-order chi connectivity index (χ1) is 36.0. The van der Waals surface area contributed by atoms with Crippen LogP contribution in [-0.4, -0.2) is 4.57 Å². The van der Waals surface area contributed by atoms with Gasteiger partial charge >= 0.3 is 0 Å². The van der Waals surface area contributed by atoms with E-state index in [4.69, 9.17) is 0 Å². The van der Waals surface area contributed by atoms with Gasteiger partial charge in [-0.1, -0.05) is 178 Å². The van der Waals surface area contributed by atoms with Crippen molar-refractivity contribution in [1.82, 2.24) is 4.57 Å². The third-order valence-corrected chi connectivity index (χ3v) is 16.3. The molecule has 0 saturated carbocycles. The van der Waals surface area contributed by atoms with Gasteiger partial charge < -0.3 is 14.4 Å². The quantitative estimate of drug-likeness (QED) is 0.158. The van der Waals surface area contributed by atoms with Gasteiger partial charge in [-0.2, -0.15) is 0 Å². The molecule has 3 aliphatic carbocycles. The first-order valence-electron chi connectivity index (χ1n) is 25.5. The topological polar surface area (TPSA) is 11.4 Å². The maximum atomic E-state index is 2.52. The minimum atomic E-state index is -0.654. The van der Waals surface area contributed by atoms with Gasteiger partial charge in [-0.3, -0.25) is 0 Å². The zero-order valence-electron chi connectivity index (χ0n) is 40.7. The summed E-state index contributed by atoms with van der Waals surface area (Å²) in [6.45, 7) is 4.98. The van der Waals surface area contributed by atoms with Crippen LogP contribution in [0, 0.1) is 0 Å². The number of hydrogen-bond acceptors (Lipinski definition) is 2. The molecule has 0 N–H and O–H groups in total. The Morgan fingerprint density at radius 3 is 1.33 bits per heavy atom. The van der Waals surface area contributed by atoms with Gasteiger partial charge in [-0.25, -0.2) is 0 Å². The average Bonchev–Trinajstić information content (AvgIpc) is 4.12. The zero-order chi connectivity index (χ0) is 48.4. The fraction of sp³-hybridized carbons (Fsp3) is 0.0571. The Labute approximate surface area is 426 Å². The van der Waals surface area contributed by atoms with Crippen molar-refractivity contribution in [3.63, 3.8) is 0 Å². The van der Waals surface area contributed by atoms with E-state index in [-0.39, 0.29) is 5.41 Å². The molecule has 73 heavy (non-hydrogen) atoms. The Balaban J connectivity index is 1.02. The normalized spacial score (nSPS) is 13.8. The van der Waals surface area contributed by atoms with Crippen LogP contribution >= 0.6 is 0 Å². The largest absolute Gasteiger partial charge is 0.310 e. The second-order valence-electron chi connectivity index (χ2n) is 20.4. The number of benzene rings is 11. The van der Waals surface area contributed by atoms with Crippen molar-refractivity contribution in [3.05, 3.63) is 294 Å². The van der Waals surface area contributed by atoms with Crippen LogP contribution < -0.4 is 9.80 Å². The van der Waals surface area contributed by atoms with Crippen LogP contribution in [0.15, 0.2) is 261 Å². The van der Waals surface area contributed by atoms with Crippen LogP contribution in [-0.2, 0) is 10.8 Å². The van der Waals surface area contributed by atoms with Crippen molar-refractivity contribution in [1.29, 1.82) is 0 Å². The van der Waals surface area contributed by atoms with Gasteiger partial charge in [0.2, 0.25) is 0 Å². The molecule has 0 radical (unpaired) electrons. The Bertz CT molecular complexity index is 3940. The fourth-order valence-corrected chi connectivity index (χ4v) is 13.5. The molecule has 0 atom stereocenters. The second-order valence-corrected chi connectivity index (χ2v) is 20.4. The summed E-state index contributed by atoms with van der Waals surface area (Å²) in [6.07, 6.45) is 0. The molecule has 1 aromatic heterocycles. The first kappa shape index (κ1) is 41.6. The van der Waals surface area contributed by atoms with E-state index in [1.807, 2.05) is 0 Å².